The largest absolute Gasteiger partial charge is 0.314 e. The Labute approximate surface area is 146 Å². The maximum atomic E-state index is 12.4. The van der Waals surface area contributed by atoms with Crippen molar-refractivity contribution in [3.8, 4) is 0 Å². The molecule has 6 rings (SSSR count). The van der Waals surface area contributed by atoms with Crippen molar-refractivity contribution in [1.29, 1.82) is 0 Å². The summed E-state index contributed by atoms with van der Waals surface area (Å²) in [7, 11) is 1.88. The van der Waals surface area contributed by atoms with E-state index in [2.05, 4.69) is 58.4 Å². The summed E-state index contributed by atoms with van der Waals surface area (Å²) in [6.45, 7) is 1.88. The van der Waals surface area contributed by atoms with E-state index in [4.69, 9.17) is 0 Å². The van der Waals surface area contributed by atoms with E-state index in [-0.39, 0.29) is 10.7 Å². The number of rotatable bonds is 2. The van der Waals surface area contributed by atoms with Crippen molar-refractivity contribution in [2.24, 2.45) is 0 Å². The molecule has 2 aromatic rings. The van der Waals surface area contributed by atoms with E-state index in [9.17, 15) is 4.79 Å². The lowest BCUT2D eigenvalue weighted by atomic mass is 9.95. The van der Waals surface area contributed by atoms with Gasteiger partial charge < -0.3 is 4.90 Å². The molecule has 3 heteroatoms. The minimum atomic E-state index is -0.172. The van der Waals surface area contributed by atoms with Gasteiger partial charge in [-0.1, -0.05) is 52.3 Å². The van der Waals surface area contributed by atoms with E-state index in [0.717, 1.165) is 31.4 Å². The predicted octanol–water partition coefficient (Wildman–Crippen LogP) is 4.32. The molecule has 0 aromatic heterocycles. The number of alkyl halides is 1. The molecule has 120 valence electrons. The summed E-state index contributed by atoms with van der Waals surface area (Å²) in [6.07, 6.45) is 3.98. The van der Waals surface area contributed by atoms with Crippen LogP contribution in [0, 0.1) is 0 Å². The molecule has 0 saturated heterocycles. The number of hydrogen-bond acceptors (Lipinski definition) is 1. The van der Waals surface area contributed by atoms with Crippen molar-refractivity contribution in [3.05, 3.63) is 64.7 Å². The summed E-state index contributed by atoms with van der Waals surface area (Å²) in [6, 6.07) is 15.6. The van der Waals surface area contributed by atoms with Gasteiger partial charge in [-0.05, 0) is 60.9 Å². The molecule has 0 spiro atoms. The van der Waals surface area contributed by atoms with Gasteiger partial charge in [0.05, 0.1) is 4.83 Å². The summed E-state index contributed by atoms with van der Waals surface area (Å²) in [4.78, 5) is 14.0. The van der Waals surface area contributed by atoms with E-state index >= 15 is 0 Å². The van der Waals surface area contributed by atoms with Crippen LogP contribution in [-0.2, 0) is 30.5 Å². The first-order valence-corrected chi connectivity index (χ1v) is 9.07. The van der Waals surface area contributed by atoms with Gasteiger partial charge in [0.25, 0.3) is 0 Å². The van der Waals surface area contributed by atoms with Crippen LogP contribution >= 0.6 is 15.9 Å². The third kappa shape index (κ3) is 3.66. The zero-order valence-electron chi connectivity index (χ0n) is 13.7. The van der Waals surface area contributed by atoms with E-state index in [0.29, 0.717) is 0 Å². The lowest BCUT2D eigenvalue weighted by Crippen LogP contribution is -2.32. The van der Waals surface area contributed by atoms with Crippen molar-refractivity contribution >= 4 is 27.5 Å². The standard InChI is InChI=1S/C20H22BrNO/c1-14(21)20(23)22(2)19-13-17-8-7-15-3-5-16(6-4-15)9-11-18(19)12-10-17/h3-6,10,12-14H,7-9,11H2,1-2H3. The number of aryl methyl sites for hydroxylation is 4. The zero-order valence-corrected chi connectivity index (χ0v) is 15.3. The number of carbonyl (C=O) groups is 1. The molecule has 0 radical (unpaired) electrons. The number of amides is 1. The number of halogens is 1. The van der Waals surface area contributed by atoms with Crippen LogP contribution in [0.25, 0.3) is 0 Å². The maximum Gasteiger partial charge on any atom is 0.240 e. The van der Waals surface area contributed by atoms with E-state index in [1.165, 1.54) is 22.3 Å². The Bertz CT molecular complexity index is 706. The molecule has 4 aliphatic carbocycles. The highest BCUT2D eigenvalue weighted by atomic mass is 79.9. The van der Waals surface area contributed by atoms with Gasteiger partial charge in [0, 0.05) is 12.7 Å². The molecule has 2 nitrogen and oxygen atoms in total. The Hall–Kier alpha value is -1.61. The predicted molar refractivity (Wildman–Crippen MR) is 99.5 cm³/mol. The highest BCUT2D eigenvalue weighted by molar-refractivity contribution is 9.10. The quantitative estimate of drug-likeness (QED) is 0.720. The zero-order chi connectivity index (χ0) is 16.4. The first-order valence-electron chi connectivity index (χ1n) is 8.16. The summed E-state index contributed by atoms with van der Waals surface area (Å²) in [5.41, 5.74) is 6.30. The topological polar surface area (TPSA) is 20.3 Å². The monoisotopic (exact) mass is 371 g/mol. The normalized spacial score (nSPS) is 14.9. The van der Waals surface area contributed by atoms with Gasteiger partial charge in [0.15, 0.2) is 0 Å². The summed E-state index contributed by atoms with van der Waals surface area (Å²) in [5.74, 6) is 0.0961. The summed E-state index contributed by atoms with van der Waals surface area (Å²) >= 11 is 3.39. The average molecular weight is 372 g/mol. The Morgan fingerprint density at radius 2 is 1.48 bits per heavy atom. The molecular formula is C20H22BrNO. The first kappa shape index (κ1) is 16.3. The van der Waals surface area contributed by atoms with Gasteiger partial charge in [0.2, 0.25) is 5.91 Å². The lowest BCUT2D eigenvalue weighted by molar-refractivity contribution is -0.117. The van der Waals surface area contributed by atoms with Crippen LogP contribution in [-0.4, -0.2) is 17.8 Å². The number of nitrogens with zero attached hydrogens (tertiary/aromatic N) is 1. The number of hydrogen-bond donors (Lipinski definition) is 0. The fourth-order valence-corrected chi connectivity index (χ4v) is 3.42. The molecule has 0 N–H and O–H groups in total. The van der Waals surface area contributed by atoms with Crippen molar-refractivity contribution in [2.75, 3.05) is 11.9 Å². The second-order valence-electron chi connectivity index (χ2n) is 6.29. The SMILES string of the molecule is CC(Br)C(=O)N(C)c1cc2ccc1CCc1ccc(cc1)CC2. The first-order chi connectivity index (χ1) is 11.0. The smallest absolute Gasteiger partial charge is 0.240 e. The molecule has 4 aliphatic rings. The van der Waals surface area contributed by atoms with E-state index in [1.54, 1.807) is 4.90 Å². The van der Waals surface area contributed by atoms with Crippen molar-refractivity contribution in [2.45, 2.75) is 37.4 Å². The minimum Gasteiger partial charge on any atom is -0.314 e. The highest BCUT2D eigenvalue weighted by Gasteiger charge is 2.19. The Morgan fingerprint density at radius 3 is 2.09 bits per heavy atom. The van der Waals surface area contributed by atoms with Crippen LogP contribution < -0.4 is 4.90 Å². The fourth-order valence-electron chi connectivity index (χ4n) is 3.11. The van der Waals surface area contributed by atoms with Gasteiger partial charge >= 0.3 is 0 Å². The number of carbonyl (C=O) groups excluding carboxylic acids is 1. The Balaban J connectivity index is 1.98. The molecule has 2 aromatic carbocycles. The van der Waals surface area contributed by atoms with Crippen molar-refractivity contribution in [1.82, 2.24) is 0 Å². The van der Waals surface area contributed by atoms with E-state index in [1.807, 2.05) is 14.0 Å². The molecule has 0 fully saturated rings. The highest BCUT2D eigenvalue weighted by Crippen LogP contribution is 2.26. The van der Waals surface area contributed by atoms with Crippen LogP contribution in [0.1, 0.15) is 29.2 Å². The molecule has 23 heavy (non-hydrogen) atoms. The second kappa shape index (κ2) is 6.88. The van der Waals surface area contributed by atoms with Crippen molar-refractivity contribution < 1.29 is 4.79 Å². The van der Waals surface area contributed by atoms with Crippen LogP contribution in [0.2, 0.25) is 0 Å². The van der Waals surface area contributed by atoms with Gasteiger partial charge in [-0.2, -0.15) is 0 Å². The molecule has 0 saturated carbocycles. The molecule has 1 unspecified atom stereocenters. The third-order valence-corrected chi connectivity index (χ3v) is 4.98. The van der Waals surface area contributed by atoms with Crippen LogP contribution in [0.3, 0.4) is 0 Å². The van der Waals surface area contributed by atoms with Crippen LogP contribution in [0.4, 0.5) is 5.69 Å². The van der Waals surface area contributed by atoms with Crippen molar-refractivity contribution in [3.63, 3.8) is 0 Å². The second-order valence-corrected chi connectivity index (χ2v) is 7.67. The minimum absolute atomic E-state index is 0.0961. The number of anilines is 1. The van der Waals surface area contributed by atoms with Gasteiger partial charge in [-0.15, -0.1) is 0 Å². The molecular weight excluding hydrogens is 350 g/mol. The molecule has 0 heterocycles. The summed E-state index contributed by atoms with van der Waals surface area (Å²) < 4.78 is 0. The Kier molecular flexibility index (Phi) is 4.86. The third-order valence-electron chi connectivity index (χ3n) is 4.59. The lowest BCUT2D eigenvalue weighted by Gasteiger charge is -2.23. The fraction of sp³-hybridized carbons (Fsp3) is 0.350. The van der Waals surface area contributed by atoms with Crippen LogP contribution in [0.15, 0.2) is 42.5 Å². The molecule has 1 atom stereocenters. The Morgan fingerprint density at radius 1 is 0.957 bits per heavy atom. The van der Waals surface area contributed by atoms with E-state index < -0.39 is 0 Å². The van der Waals surface area contributed by atoms with Gasteiger partial charge in [-0.25, -0.2) is 0 Å². The number of benzene rings is 2. The molecule has 0 aliphatic heterocycles. The van der Waals surface area contributed by atoms with Crippen LogP contribution in [0.5, 0.6) is 0 Å². The molecule has 4 bridgehead atoms. The maximum absolute atomic E-state index is 12.4. The van der Waals surface area contributed by atoms with Gasteiger partial charge in [0.1, 0.15) is 0 Å². The average Bonchev–Trinajstić information content (AvgIpc) is 2.55. The van der Waals surface area contributed by atoms with Gasteiger partial charge in [-0.3, -0.25) is 4.79 Å². The summed E-state index contributed by atoms with van der Waals surface area (Å²) in [5, 5.41) is 0. The molecule has 1 amide bonds.